The number of nitrogens with zero attached hydrogens (tertiary/aromatic N) is 1. The van der Waals surface area contributed by atoms with E-state index >= 15 is 0 Å². The molecule has 0 amide bonds. The molecule has 1 aliphatic heterocycles. The van der Waals surface area contributed by atoms with E-state index in [1.165, 1.54) is 6.92 Å². The van der Waals surface area contributed by atoms with Crippen molar-refractivity contribution in [3.8, 4) is 12.3 Å². The summed E-state index contributed by atoms with van der Waals surface area (Å²) >= 11 is 0. The van der Waals surface area contributed by atoms with Crippen LogP contribution in [0.4, 0.5) is 8.78 Å². The Kier molecular flexibility index (Phi) is 3.50. The second-order valence-electron chi connectivity index (χ2n) is 4.58. The Labute approximate surface area is 112 Å². The van der Waals surface area contributed by atoms with E-state index in [9.17, 15) is 23.5 Å². The SMILES string of the molecule is C#C[C@]1(CO)O[C@@H](n2cc(F)c(=O)[nH]c2=O)[C@@H](F)[C@@H]1C. The number of aromatic amines is 1. The molecular weight excluding hydrogens is 274 g/mol. The number of nitrogens with one attached hydrogen (secondary N) is 1. The second-order valence-corrected chi connectivity index (χ2v) is 4.58. The van der Waals surface area contributed by atoms with Gasteiger partial charge >= 0.3 is 5.69 Å². The van der Waals surface area contributed by atoms with Crippen LogP contribution < -0.4 is 11.2 Å². The van der Waals surface area contributed by atoms with Gasteiger partial charge in [0.05, 0.1) is 12.8 Å². The first-order valence-electron chi connectivity index (χ1n) is 5.78. The highest BCUT2D eigenvalue weighted by atomic mass is 19.1. The lowest BCUT2D eigenvalue weighted by Crippen LogP contribution is -2.38. The molecule has 1 aliphatic rings. The zero-order valence-corrected chi connectivity index (χ0v) is 10.5. The smallest absolute Gasteiger partial charge is 0.330 e. The first-order valence-corrected chi connectivity index (χ1v) is 5.78. The standard InChI is InChI=1S/C12H12F2N2O4/c1-3-12(5-17)6(2)8(14)10(20-12)16-4-7(13)9(18)15-11(16)19/h1,4,6,8,10,17H,5H2,2H3,(H,15,18,19)/t6-,8-,10+,12+/m0/s1. The van der Waals surface area contributed by atoms with Crippen molar-refractivity contribution in [1.82, 2.24) is 9.55 Å². The van der Waals surface area contributed by atoms with Gasteiger partial charge in [-0.25, -0.2) is 9.18 Å². The number of rotatable bonds is 2. The number of hydrogen-bond acceptors (Lipinski definition) is 4. The molecule has 6 nitrogen and oxygen atoms in total. The quantitative estimate of drug-likeness (QED) is 0.721. The molecule has 0 aliphatic carbocycles. The van der Waals surface area contributed by atoms with Gasteiger partial charge in [0.25, 0.3) is 5.56 Å². The van der Waals surface area contributed by atoms with Crippen LogP contribution in [0.15, 0.2) is 15.8 Å². The zero-order valence-electron chi connectivity index (χ0n) is 10.5. The molecule has 0 aromatic carbocycles. The number of aromatic nitrogens is 2. The van der Waals surface area contributed by atoms with Crippen LogP contribution in [0.1, 0.15) is 13.2 Å². The van der Waals surface area contributed by atoms with Crippen molar-refractivity contribution in [2.45, 2.75) is 24.9 Å². The third-order valence-electron chi connectivity index (χ3n) is 3.49. The van der Waals surface area contributed by atoms with Gasteiger partial charge < -0.3 is 9.84 Å². The maximum atomic E-state index is 14.2. The van der Waals surface area contributed by atoms with Crippen LogP contribution in [0, 0.1) is 24.1 Å². The Morgan fingerprint density at radius 2 is 2.30 bits per heavy atom. The summed E-state index contributed by atoms with van der Waals surface area (Å²) in [5, 5.41) is 9.28. The topological polar surface area (TPSA) is 84.3 Å². The van der Waals surface area contributed by atoms with E-state index < -0.39 is 47.6 Å². The Morgan fingerprint density at radius 1 is 1.65 bits per heavy atom. The Morgan fingerprint density at radius 3 is 2.80 bits per heavy atom. The number of hydrogen-bond donors (Lipinski definition) is 2. The fourth-order valence-electron chi connectivity index (χ4n) is 2.14. The summed E-state index contributed by atoms with van der Waals surface area (Å²) in [6.45, 7) is 0.760. The summed E-state index contributed by atoms with van der Waals surface area (Å²) in [6.07, 6.45) is 2.52. The lowest BCUT2D eigenvalue weighted by molar-refractivity contribution is -0.0803. The summed E-state index contributed by atoms with van der Waals surface area (Å²) in [5.41, 5.74) is -3.84. The molecule has 1 saturated heterocycles. The van der Waals surface area contributed by atoms with E-state index in [1.54, 1.807) is 4.98 Å². The number of terminal acetylenes is 1. The first-order chi connectivity index (χ1) is 9.36. The summed E-state index contributed by atoms with van der Waals surface area (Å²) in [5.74, 6) is -0.00779. The van der Waals surface area contributed by atoms with Gasteiger partial charge in [-0.05, 0) is 0 Å². The normalized spacial score (nSPS) is 33.0. The van der Waals surface area contributed by atoms with Crippen molar-refractivity contribution in [3.63, 3.8) is 0 Å². The average Bonchev–Trinajstić information content (AvgIpc) is 2.68. The average molecular weight is 286 g/mol. The number of ether oxygens (including phenoxy) is 1. The highest BCUT2D eigenvalue weighted by Gasteiger charge is 2.53. The van der Waals surface area contributed by atoms with Gasteiger partial charge in [0.2, 0.25) is 5.82 Å². The molecule has 2 N–H and O–H groups in total. The molecule has 20 heavy (non-hydrogen) atoms. The van der Waals surface area contributed by atoms with Crippen LogP contribution in [0.5, 0.6) is 0 Å². The number of halogens is 2. The molecule has 108 valence electrons. The molecule has 0 unspecified atom stereocenters. The van der Waals surface area contributed by atoms with Crippen LogP contribution in [0.2, 0.25) is 0 Å². The fraction of sp³-hybridized carbons (Fsp3) is 0.500. The molecule has 4 atom stereocenters. The third-order valence-corrected chi connectivity index (χ3v) is 3.49. The monoisotopic (exact) mass is 286 g/mol. The summed E-state index contributed by atoms with van der Waals surface area (Å²) in [7, 11) is 0. The molecule has 1 fully saturated rings. The Balaban J connectivity index is 2.51. The van der Waals surface area contributed by atoms with Gasteiger partial charge in [0.1, 0.15) is 0 Å². The molecule has 1 aromatic heterocycles. The molecule has 2 heterocycles. The summed E-state index contributed by atoms with van der Waals surface area (Å²) < 4.78 is 33.3. The van der Waals surface area contributed by atoms with Crippen molar-refractivity contribution in [3.05, 3.63) is 32.9 Å². The van der Waals surface area contributed by atoms with Crippen LogP contribution >= 0.6 is 0 Å². The molecular formula is C12H12F2N2O4. The Bertz CT molecular complexity index is 677. The molecule has 1 aromatic rings. The highest BCUT2D eigenvalue weighted by molar-refractivity contribution is 5.16. The van der Waals surface area contributed by atoms with Crippen molar-refractivity contribution in [1.29, 1.82) is 0 Å². The largest absolute Gasteiger partial charge is 0.392 e. The zero-order chi connectivity index (χ0) is 15.1. The van der Waals surface area contributed by atoms with E-state index in [2.05, 4.69) is 5.92 Å². The lowest BCUT2D eigenvalue weighted by atomic mass is 9.89. The van der Waals surface area contributed by atoms with Crippen LogP contribution in [-0.2, 0) is 4.74 Å². The molecule has 8 heteroatoms. The number of H-pyrrole nitrogens is 1. The number of alkyl halides is 1. The first kappa shape index (κ1) is 14.4. The fourth-order valence-corrected chi connectivity index (χ4v) is 2.14. The van der Waals surface area contributed by atoms with Gasteiger partial charge in [-0.3, -0.25) is 14.3 Å². The van der Waals surface area contributed by atoms with Crippen molar-refractivity contribution in [2.75, 3.05) is 6.61 Å². The minimum absolute atomic E-state index is 0.551. The third kappa shape index (κ3) is 1.95. The van der Waals surface area contributed by atoms with Gasteiger partial charge in [-0.2, -0.15) is 4.39 Å². The van der Waals surface area contributed by atoms with E-state index in [0.29, 0.717) is 10.8 Å². The maximum absolute atomic E-state index is 14.2. The lowest BCUT2D eigenvalue weighted by Gasteiger charge is -2.24. The van der Waals surface area contributed by atoms with Crippen LogP contribution in [0.3, 0.4) is 0 Å². The maximum Gasteiger partial charge on any atom is 0.330 e. The van der Waals surface area contributed by atoms with Crippen LogP contribution in [-0.4, -0.2) is 33.0 Å². The van der Waals surface area contributed by atoms with Gasteiger partial charge in [-0.1, -0.05) is 12.8 Å². The van der Waals surface area contributed by atoms with Crippen LogP contribution in [0.25, 0.3) is 0 Å². The van der Waals surface area contributed by atoms with E-state index in [1.807, 2.05) is 0 Å². The second kappa shape index (κ2) is 4.85. The van der Waals surface area contributed by atoms with Crippen molar-refractivity contribution in [2.24, 2.45) is 5.92 Å². The molecule has 0 radical (unpaired) electrons. The van der Waals surface area contributed by atoms with Gasteiger partial charge in [0, 0.05) is 5.92 Å². The molecule has 2 rings (SSSR count). The Hall–Kier alpha value is -1.98. The predicted octanol–water partition coefficient (Wildman–Crippen LogP) is -0.457. The minimum atomic E-state index is -1.75. The predicted molar refractivity (Wildman–Crippen MR) is 64.1 cm³/mol. The van der Waals surface area contributed by atoms with E-state index in [-0.39, 0.29) is 0 Å². The molecule has 0 saturated carbocycles. The molecule has 0 bridgehead atoms. The number of aliphatic hydroxyl groups is 1. The molecule has 0 spiro atoms. The summed E-state index contributed by atoms with van der Waals surface area (Å²) in [4.78, 5) is 24.2. The van der Waals surface area contributed by atoms with Crippen molar-refractivity contribution < 1.29 is 18.6 Å². The highest BCUT2D eigenvalue weighted by Crippen LogP contribution is 2.42. The summed E-state index contributed by atoms with van der Waals surface area (Å²) in [6, 6.07) is 0. The van der Waals surface area contributed by atoms with Gasteiger partial charge in [0.15, 0.2) is 18.0 Å². The van der Waals surface area contributed by atoms with E-state index in [4.69, 9.17) is 11.2 Å². The minimum Gasteiger partial charge on any atom is -0.392 e. The number of aliphatic hydroxyl groups excluding tert-OH is 1. The van der Waals surface area contributed by atoms with E-state index in [0.717, 1.165) is 0 Å². The van der Waals surface area contributed by atoms with Gasteiger partial charge in [-0.15, -0.1) is 6.42 Å². The van der Waals surface area contributed by atoms with Crippen molar-refractivity contribution >= 4 is 0 Å².